The first-order chi connectivity index (χ1) is 7.24. The zero-order valence-corrected chi connectivity index (χ0v) is 9.71. The highest BCUT2D eigenvalue weighted by molar-refractivity contribution is 5.12. The number of aryl methyl sites for hydroxylation is 1. The number of hydrogen-bond donors (Lipinski definition) is 1. The largest absolute Gasteiger partial charge is 0.306 e. The summed E-state index contributed by atoms with van der Waals surface area (Å²) in [7, 11) is 0. The van der Waals surface area contributed by atoms with E-state index in [-0.39, 0.29) is 0 Å². The summed E-state index contributed by atoms with van der Waals surface area (Å²) in [6.07, 6.45) is 7.21. The van der Waals surface area contributed by atoms with Crippen molar-refractivity contribution in [2.24, 2.45) is 0 Å². The predicted molar refractivity (Wildman–Crippen MR) is 62.7 cm³/mol. The van der Waals surface area contributed by atoms with Gasteiger partial charge in [0.2, 0.25) is 0 Å². The van der Waals surface area contributed by atoms with Gasteiger partial charge in [0.1, 0.15) is 0 Å². The Labute approximate surface area is 92.1 Å². The number of hydrogen-bond acceptors (Lipinski definition) is 2. The Morgan fingerprint density at radius 2 is 2.20 bits per heavy atom. The van der Waals surface area contributed by atoms with E-state index < -0.39 is 0 Å². The van der Waals surface area contributed by atoms with Crippen molar-refractivity contribution in [1.29, 1.82) is 0 Å². The van der Waals surface area contributed by atoms with Crippen LogP contribution in [0.1, 0.15) is 43.9 Å². The molecule has 1 saturated carbocycles. The molecule has 2 nitrogen and oxygen atoms in total. The molecular formula is C13H20N2. The lowest BCUT2D eigenvalue weighted by Crippen LogP contribution is -2.49. The van der Waals surface area contributed by atoms with E-state index >= 15 is 0 Å². The van der Waals surface area contributed by atoms with Gasteiger partial charge in [-0.2, -0.15) is 0 Å². The molecule has 1 heterocycles. The first kappa shape index (κ1) is 10.6. The molecule has 0 radical (unpaired) electrons. The average Bonchev–Trinajstić information content (AvgIpc) is 2.20. The molecule has 1 aromatic rings. The van der Waals surface area contributed by atoms with Crippen LogP contribution >= 0.6 is 0 Å². The van der Waals surface area contributed by atoms with Crippen LogP contribution in [0.4, 0.5) is 0 Å². The Hall–Kier alpha value is -0.890. The van der Waals surface area contributed by atoms with Crippen LogP contribution in [0.2, 0.25) is 0 Å². The van der Waals surface area contributed by atoms with E-state index in [0.29, 0.717) is 5.54 Å². The second-order valence-electron chi connectivity index (χ2n) is 4.67. The Kier molecular flexibility index (Phi) is 3.06. The van der Waals surface area contributed by atoms with E-state index in [0.717, 1.165) is 12.2 Å². The molecule has 1 fully saturated rings. The Bertz CT molecular complexity index is 306. The van der Waals surface area contributed by atoms with E-state index in [4.69, 9.17) is 0 Å². The summed E-state index contributed by atoms with van der Waals surface area (Å²) in [6.45, 7) is 5.26. The predicted octanol–water partition coefficient (Wildman–Crippen LogP) is 2.81. The van der Waals surface area contributed by atoms with E-state index in [9.17, 15) is 0 Å². The molecule has 0 aliphatic heterocycles. The molecule has 1 aliphatic rings. The molecule has 0 spiro atoms. The molecule has 2 rings (SSSR count). The fourth-order valence-electron chi connectivity index (χ4n) is 2.14. The summed E-state index contributed by atoms with van der Waals surface area (Å²) in [4.78, 5) is 4.41. The Balaban J connectivity index is 1.90. The highest BCUT2D eigenvalue weighted by Gasteiger charge is 2.34. The average molecular weight is 204 g/mol. The van der Waals surface area contributed by atoms with Crippen molar-refractivity contribution in [2.45, 2.75) is 51.6 Å². The summed E-state index contributed by atoms with van der Waals surface area (Å²) < 4.78 is 0. The third-order valence-electron chi connectivity index (χ3n) is 3.60. The summed E-state index contributed by atoms with van der Waals surface area (Å²) in [5, 5.41) is 3.66. The molecule has 0 amide bonds. The van der Waals surface area contributed by atoms with Gasteiger partial charge in [-0.1, -0.05) is 13.0 Å². The summed E-state index contributed by atoms with van der Waals surface area (Å²) >= 11 is 0. The maximum atomic E-state index is 4.41. The van der Waals surface area contributed by atoms with Gasteiger partial charge < -0.3 is 5.32 Å². The maximum absolute atomic E-state index is 4.41. The van der Waals surface area contributed by atoms with Crippen LogP contribution in [-0.2, 0) is 6.54 Å². The van der Waals surface area contributed by atoms with Crippen molar-refractivity contribution in [3.05, 3.63) is 29.6 Å². The lowest BCUT2D eigenvalue weighted by Gasteiger charge is -2.42. The number of nitrogens with zero attached hydrogens (tertiary/aromatic N) is 1. The van der Waals surface area contributed by atoms with Crippen molar-refractivity contribution in [3.63, 3.8) is 0 Å². The van der Waals surface area contributed by atoms with Crippen LogP contribution in [0, 0.1) is 6.92 Å². The highest BCUT2D eigenvalue weighted by atomic mass is 15.0. The second-order valence-corrected chi connectivity index (χ2v) is 4.67. The van der Waals surface area contributed by atoms with E-state index in [2.05, 4.69) is 36.3 Å². The fraction of sp³-hybridized carbons (Fsp3) is 0.615. The van der Waals surface area contributed by atoms with Crippen molar-refractivity contribution < 1.29 is 0 Å². The lowest BCUT2D eigenvalue weighted by atomic mass is 9.75. The third-order valence-corrected chi connectivity index (χ3v) is 3.60. The normalized spacial score (nSPS) is 18.5. The van der Waals surface area contributed by atoms with Crippen molar-refractivity contribution in [1.82, 2.24) is 10.3 Å². The minimum Gasteiger partial charge on any atom is -0.306 e. The highest BCUT2D eigenvalue weighted by Crippen LogP contribution is 2.34. The first-order valence-electron chi connectivity index (χ1n) is 5.91. The molecule has 2 heteroatoms. The van der Waals surface area contributed by atoms with Crippen LogP contribution in [-0.4, -0.2) is 10.5 Å². The number of aromatic nitrogens is 1. The van der Waals surface area contributed by atoms with Crippen LogP contribution in [0.5, 0.6) is 0 Å². The minimum absolute atomic E-state index is 0.423. The standard InChI is InChI=1S/C13H20N2/c1-3-13(7-4-8-13)15-10-12-6-5-11(2)9-14-12/h5-6,9,15H,3-4,7-8,10H2,1-2H3. The van der Waals surface area contributed by atoms with Crippen LogP contribution < -0.4 is 5.32 Å². The van der Waals surface area contributed by atoms with Crippen LogP contribution in [0.15, 0.2) is 18.3 Å². The molecule has 82 valence electrons. The van der Waals surface area contributed by atoms with Crippen LogP contribution in [0.3, 0.4) is 0 Å². The smallest absolute Gasteiger partial charge is 0.0542 e. The summed E-state index contributed by atoms with van der Waals surface area (Å²) in [5.74, 6) is 0. The number of rotatable bonds is 4. The monoisotopic (exact) mass is 204 g/mol. The van der Waals surface area contributed by atoms with Crippen molar-refractivity contribution in [3.8, 4) is 0 Å². The van der Waals surface area contributed by atoms with Gasteiger partial charge in [0, 0.05) is 18.3 Å². The van der Waals surface area contributed by atoms with E-state index in [1.807, 2.05) is 6.20 Å². The van der Waals surface area contributed by atoms with E-state index in [1.54, 1.807) is 0 Å². The SMILES string of the molecule is CCC1(NCc2ccc(C)cn2)CCC1. The first-order valence-corrected chi connectivity index (χ1v) is 5.91. The minimum atomic E-state index is 0.423. The quantitative estimate of drug-likeness (QED) is 0.815. The molecule has 0 aromatic carbocycles. The van der Waals surface area contributed by atoms with Gasteiger partial charge in [-0.25, -0.2) is 0 Å². The summed E-state index contributed by atoms with van der Waals surface area (Å²) in [5.41, 5.74) is 2.81. The van der Waals surface area contributed by atoms with Crippen molar-refractivity contribution in [2.75, 3.05) is 0 Å². The molecule has 1 N–H and O–H groups in total. The molecular weight excluding hydrogens is 184 g/mol. The van der Waals surface area contributed by atoms with Gasteiger partial charge in [0.25, 0.3) is 0 Å². The van der Waals surface area contributed by atoms with Gasteiger partial charge in [0.15, 0.2) is 0 Å². The molecule has 0 atom stereocenters. The second kappa shape index (κ2) is 4.31. The molecule has 1 aliphatic carbocycles. The fourth-order valence-corrected chi connectivity index (χ4v) is 2.14. The third kappa shape index (κ3) is 2.37. The van der Waals surface area contributed by atoms with Gasteiger partial charge in [-0.05, 0) is 44.2 Å². The number of nitrogens with one attached hydrogen (secondary N) is 1. The summed E-state index contributed by atoms with van der Waals surface area (Å²) in [6, 6.07) is 4.24. The zero-order chi connectivity index (χ0) is 10.7. The molecule has 1 aromatic heterocycles. The lowest BCUT2D eigenvalue weighted by molar-refractivity contribution is 0.175. The Morgan fingerprint density at radius 1 is 1.40 bits per heavy atom. The molecule has 15 heavy (non-hydrogen) atoms. The number of pyridine rings is 1. The maximum Gasteiger partial charge on any atom is 0.0542 e. The Morgan fingerprint density at radius 3 is 2.67 bits per heavy atom. The van der Waals surface area contributed by atoms with Gasteiger partial charge >= 0.3 is 0 Å². The van der Waals surface area contributed by atoms with Gasteiger partial charge in [0.05, 0.1) is 5.69 Å². The topological polar surface area (TPSA) is 24.9 Å². The van der Waals surface area contributed by atoms with E-state index in [1.165, 1.54) is 31.2 Å². The molecule has 0 saturated heterocycles. The van der Waals surface area contributed by atoms with Crippen molar-refractivity contribution >= 4 is 0 Å². The van der Waals surface area contributed by atoms with Crippen LogP contribution in [0.25, 0.3) is 0 Å². The van der Waals surface area contributed by atoms with Gasteiger partial charge in [-0.3, -0.25) is 4.98 Å². The molecule has 0 bridgehead atoms. The van der Waals surface area contributed by atoms with Gasteiger partial charge in [-0.15, -0.1) is 0 Å². The molecule has 0 unspecified atom stereocenters. The zero-order valence-electron chi connectivity index (χ0n) is 9.71.